The summed E-state index contributed by atoms with van der Waals surface area (Å²) in [7, 11) is 0. The van der Waals surface area contributed by atoms with E-state index in [4.69, 9.17) is 23.2 Å². The van der Waals surface area contributed by atoms with Gasteiger partial charge in [0, 0.05) is 6.07 Å². The summed E-state index contributed by atoms with van der Waals surface area (Å²) in [6.45, 7) is 0. The fraction of sp³-hybridized carbons (Fsp3) is 0.125. The Balaban J connectivity index is 2.90. The number of nitrogens with one attached hydrogen (secondary N) is 1. The van der Waals surface area contributed by atoms with Crippen LogP contribution >= 0.6 is 23.2 Å². The van der Waals surface area contributed by atoms with Crippen molar-refractivity contribution in [3.63, 3.8) is 0 Å². The molecule has 82 valence electrons. The molecule has 1 N–H and O–H groups in total. The van der Waals surface area contributed by atoms with E-state index in [-0.39, 0.29) is 16.8 Å². The largest absolute Gasteiger partial charge is 0.433 e. The monoisotopic (exact) mass is 255 g/mol. The Morgan fingerprint density at radius 1 is 1.47 bits per heavy atom. The van der Waals surface area contributed by atoms with E-state index in [2.05, 4.69) is 4.74 Å². The van der Waals surface area contributed by atoms with Crippen molar-refractivity contribution in [2.75, 3.05) is 11.4 Å². The van der Waals surface area contributed by atoms with Crippen LogP contribution in [-0.4, -0.2) is 12.2 Å². The van der Waals surface area contributed by atoms with Gasteiger partial charge in [0.2, 0.25) is 0 Å². The fourth-order valence-electron chi connectivity index (χ4n) is 0.849. The van der Waals surface area contributed by atoms with E-state index in [1.807, 2.05) is 5.32 Å². The van der Waals surface area contributed by atoms with Gasteiger partial charge in [-0.05, 0) is 6.07 Å². The zero-order valence-corrected chi connectivity index (χ0v) is 8.70. The Morgan fingerprint density at radius 2 is 2.13 bits per heavy atom. The summed E-state index contributed by atoms with van der Waals surface area (Å²) in [6, 6.07) is 1.06. The summed E-state index contributed by atoms with van der Waals surface area (Å²) in [5.41, 5.74) is -0.354. The number of hydrogen-bond donors (Lipinski definition) is 1. The topological polar surface area (TPSA) is 38.3 Å². The lowest BCUT2D eigenvalue weighted by atomic mass is 10.3. The van der Waals surface area contributed by atoms with Gasteiger partial charge in [0.1, 0.15) is 5.82 Å². The van der Waals surface area contributed by atoms with E-state index in [0.29, 0.717) is 6.07 Å². The molecule has 0 bridgehead atoms. The maximum atomic E-state index is 13.1. The van der Waals surface area contributed by atoms with Gasteiger partial charge < -0.3 is 4.74 Å². The molecular weight excluding hydrogens is 251 g/mol. The van der Waals surface area contributed by atoms with Crippen molar-refractivity contribution < 1.29 is 18.3 Å². The maximum Gasteiger partial charge on any atom is 0.412 e. The zero-order chi connectivity index (χ0) is 11.4. The minimum absolute atomic E-state index is 0.265. The van der Waals surface area contributed by atoms with Crippen molar-refractivity contribution >= 4 is 35.0 Å². The number of benzene rings is 1. The lowest BCUT2D eigenvalue weighted by Crippen LogP contribution is -2.14. The van der Waals surface area contributed by atoms with Crippen molar-refractivity contribution in [3.05, 3.63) is 28.8 Å². The predicted molar refractivity (Wildman–Crippen MR) is 52.2 cm³/mol. The number of carbonyl (C=O) groups is 1. The second-order valence-electron chi connectivity index (χ2n) is 2.41. The van der Waals surface area contributed by atoms with Gasteiger partial charge >= 0.3 is 6.09 Å². The molecule has 0 fully saturated rings. The molecule has 15 heavy (non-hydrogen) atoms. The number of anilines is 1. The third-order valence-corrected chi connectivity index (χ3v) is 1.83. The third kappa shape index (κ3) is 3.21. The van der Waals surface area contributed by atoms with Crippen LogP contribution in [0.1, 0.15) is 0 Å². The summed E-state index contributed by atoms with van der Waals surface area (Å²) in [5.74, 6) is -1.83. The standard InChI is InChI=1S/C8H5Cl2F2NO2/c9-3-15-8(14)13-7-5(10)1-4(11)2-6(7)12/h1-2H,3H2,(H,13,14). The van der Waals surface area contributed by atoms with E-state index < -0.39 is 17.7 Å². The average Bonchev–Trinajstić information content (AvgIpc) is 2.11. The van der Waals surface area contributed by atoms with E-state index in [1.165, 1.54) is 0 Å². The Morgan fingerprint density at radius 3 is 2.67 bits per heavy atom. The minimum atomic E-state index is -0.994. The maximum absolute atomic E-state index is 13.1. The molecule has 0 heterocycles. The van der Waals surface area contributed by atoms with Crippen LogP contribution in [0.3, 0.4) is 0 Å². The van der Waals surface area contributed by atoms with Gasteiger partial charge in [-0.3, -0.25) is 5.32 Å². The number of hydrogen-bond acceptors (Lipinski definition) is 2. The SMILES string of the molecule is O=C(Nc1c(F)cc(F)cc1Cl)OCCl. The van der Waals surface area contributed by atoms with E-state index in [1.54, 1.807) is 0 Å². The molecule has 0 unspecified atom stereocenters. The molecule has 0 aromatic heterocycles. The molecular formula is C8H5Cl2F2NO2. The molecule has 0 atom stereocenters. The molecule has 1 amide bonds. The van der Waals surface area contributed by atoms with Crippen molar-refractivity contribution in [1.82, 2.24) is 0 Å². The Bertz CT molecular complexity index is 364. The lowest BCUT2D eigenvalue weighted by Gasteiger charge is -2.07. The van der Waals surface area contributed by atoms with Crippen molar-refractivity contribution in [3.8, 4) is 0 Å². The van der Waals surface area contributed by atoms with Crippen LogP contribution in [0.25, 0.3) is 0 Å². The minimum Gasteiger partial charge on any atom is -0.433 e. The highest BCUT2D eigenvalue weighted by Crippen LogP contribution is 2.26. The Labute approximate surface area is 93.9 Å². The van der Waals surface area contributed by atoms with Crippen molar-refractivity contribution in [1.29, 1.82) is 0 Å². The molecule has 0 aliphatic heterocycles. The van der Waals surface area contributed by atoms with Gasteiger partial charge in [0.05, 0.1) is 10.7 Å². The third-order valence-electron chi connectivity index (χ3n) is 1.42. The fourth-order valence-corrected chi connectivity index (χ4v) is 1.19. The molecule has 1 rings (SSSR count). The van der Waals surface area contributed by atoms with E-state index in [9.17, 15) is 13.6 Å². The molecule has 0 saturated carbocycles. The van der Waals surface area contributed by atoms with Gasteiger partial charge in [0.15, 0.2) is 11.9 Å². The van der Waals surface area contributed by atoms with Gasteiger partial charge in [-0.25, -0.2) is 13.6 Å². The highest BCUT2D eigenvalue weighted by Gasteiger charge is 2.13. The number of ether oxygens (including phenoxy) is 1. The van der Waals surface area contributed by atoms with Crippen LogP contribution < -0.4 is 5.32 Å². The smallest absolute Gasteiger partial charge is 0.412 e. The first-order chi connectivity index (χ1) is 7.04. The van der Waals surface area contributed by atoms with Gasteiger partial charge in [-0.1, -0.05) is 23.2 Å². The number of rotatable bonds is 2. The Hall–Kier alpha value is -1.07. The summed E-state index contributed by atoms with van der Waals surface area (Å²) in [6.07, 6.45) is -0.975. The zero-order valence-electron chi connectivity index (χ0n) is 7.19. The van der Waals surface area contributed by atoms with Crippen molar-refractivity contribution in [2.45, 2.75) is 0 Å². The molecule has 0 saturated heterocycles. The second-order valence-corrected chi connectivity index (χ2v) is 3.04. The lowest BCUT2D eigenvalue weighted by molar-refractivity contribution is 0.180. The normalized spacial score (nSPS) is 9.87. The highest BCUT2D eigenvalue weighted by atomic mass is 35.5. The predicted octanol–water partition coefficient (Wildman–Crippen LogP) is 3.36. The highest BCUT2D eigenvalue weighted by molar-refractivity contribution is 6.33. The molecule has 1 aromatic rings. The van der Waals surface area contributed by atoms with Crippen LogP contribution in [0, 0.1) is 11.6 Å². The van der Waals surface area contributed by atoms with Crippen LogP contribution in [0.5, 0.6) is 0 Å². The molecule has 3 nitrogen and oxygen atoms in total. The van der Waals surface area contributed by atoms with Crippen LogP contribution in [0.2, 0.25) is 5.02 Å². The molecule has 7 heteroatoms. The van der Waals surface area contributed by atoms with Gasteiger partial charge in [-0.15, -0.1) is 0 Å². The summed E-state index contributed by atoms with van der Waals surface area (Å²) in [4.78, 5) is 10.9. The quantitative estimate of drug-likeness (QED) is 0.824. The molecule has 0 aliphatic rings. The summed E-state index contributed by atoms with van der Waals surface area (Å²) >= 11 is 10.6. The van der Waals surface area contributed by atoms with Gasteiger partial charge in [0.25, 0.3) is 0 Å². The molecule has 0 aliphatic carbocycles. The molecule has 0 radical (unpaired) electrons. The van der Waals surface area contributed by atoms with Crippen molar-refractivity contribution in [2.24, 2.45) is 0 Å². The first-order valence-electron chi connectivity index (χ1n) is 3.69. The van der Waals surface area contributed by atoms with Crippen LogP contribution in [0.4, 0.5) is 19.3 Å². The van der Waals surface area contributed by atoms with E-state index >= 15 is 0 Å². The Kier molecular flexibility index (Phi) is 4.11. The van der Waals surface area contributed by atoms with Crippen LogP contribution in [0.15, 0.2) is 12.1 Å². The summed E-state index contributed by atoms with van der Waals surface area (Å²) in [5, 5.41) is 1.72. The van der Waals surface area contributed by atoms with E-state index in [0.717, 1.165) is 6.07 Å². The first kappa shape index (κ1) is 12.0. The number of halogens is 4. The number of alkyl halides is 1. The number of amides is 1. The molecule has 0 spiro atoms. The second kappa shape index (κ2) is 5.14. The average molecular weight is 256 g/mol. The number of carbonyl (C=O) groups excluding carboxylic acids is 1. The van der Waals surface area contributed by atoms with Gasteiger partial charge in [-0.2, -0.15) is 0 Å². The summed E-state index contributed by atoms with van der Waals surface area (Å²) < 4.78 is 30.0. The van der Waals surface area contributed by atoms with Crippen LogP contribution in [-0.2, 0) is 4.74 Å². The first-order valence-corrected chi connectivity index (χ1v) is 4.60. The molecule has 1 aromatic carbocycles.